The highest BCUT2D eigenvalue weighted by Crippen LogP contribution is 2.24. The van der Waals surface area contributed by atoms with Gasteiger partial charge >= 0.3 is 0 Å². The van der Waals surface area contributed by atoms with Crippen molar-refractivity contribution in [1.82, 2.24) is 25.5 Å². The number of benzene rings is 2. The molecule has 184 valence electrons. The molecule has 0 saturated heterocycles. The lowest BCUT2D eigenvalue weighted by atomic mass is 10.1. The van der Waals surface area contributed by atoms with Crippen molar-refractivity contribution in [2.24, 2.45) is 0 Å². The highest BCUT2D eigenvalue weighted by atomic mass is 19.1. The lowest BCUT2D eigenvalue weighted by molar-refractivity contribution is -0.127. The van der Waals surface area contributed by atoms with E-state index in [2.05, 4.69) is 20.7 Å². The zero-order valence-electron chi connectivity index (χ0n) is 19.5. The van der Waals surface area contributed by atoms with Crippen LogP contribution in [-0.4, -0.2) is 44.1 Å². The molecule has 1 aliphatic carbocycles. The minimum Gasteiger partial charge on any atom is -0.352 e. The highest BCUT2D eigenvalue weighted by Gasteiger charge is 2.33. The molecule has 1 atom stereocenters. The first kappa shape index (κ1) is 24.4. The largest absolute Gasteiger partial charge is 0.352 e. The first-order valence-electron chi connectivity index (χ1n) is 11.9. The third-order valence-electron chi connectivity index (χ3n) is 6.08. The molecule has 10 heteroatoms. The fourth-order valence-electron chi connectivity index (χ4n) is 4.40. The van der Waals surface area contributed by atoms with Crippen molar-refractivity contribution in [3.05, 3.63) is 60.2 Å². The first-order valence-corrected chi connectivity index (χ1v) is 11.9. The van der Waals surface area contributed by atoms with Crippen LogP contribution in [0.5, 0.6) is 0 Å². The van der Waals surface area contributed by atoms with Crippen LogP contribution < -0.4 is 10.2 Å². The Kier molecular flexibility index (Phi) is 7.79. The molecule has 3 aromatic rings. The molecule has 1 aliphatic rings. The summed E-state index contributed by atoms with van der Waals surface area (Å²) in [6, 6.07) is 10.8. The van der Waals surface area contributed by atoms with Gasteiger partial charge < -0.3 is 5.32 Å². The van der Waals surface area contributed by atoms with E-state index >= 15 is 0 Å². The van der Waals surface area contributed by atoms with Gasteiger partial charge in [0.25, 0.3) is 5.91 Å². The van der Waals surface area contributed by atoms with E-state index in [-0.39, 0.29) is 35.6 Å². The predicted octanol–water partition coefficient (Wildman–Crippen LogP) is 3.88. The summed E-state index contributed by atoms with van der Waals surface area (Å²) < 4.78 is 28.2. The number of nitrogens with zero attached hydrogens (tertiary/aromatic N) is 5. The lowest BCUT2D eigenvalue weighted by Gasteiger charge is -2.31. The number of hydrogen-bond acceptors (Lipinski definition) is 5. The Labute approximate surface area is 202 Å². The normalized spacial score (nSPS) is 14.6. The van der Waals surface area contributed by atoms with Gasteiger partial charge in [0, 0.05) is 11.7 Å². The molecule has 8 nitrogen and oxygen atoms in total. The number of rotatable bonds is 9. The number of halogens is 2. The summed E-state index contributed by atoms with van der Waals surface area (Å²) in [6.45, 7) is 1.57. The fourth-order valence-corrected chi connectivity index (χ4v) is 4.40. The van der Waals surface area contributed by atoms with E-state index in [1.807, 2.05) is 6.92 Å². The van der Waals surface area contributed by atoms with Gasteiger partial charge in [-0.1, -0.05) is 44.4 Å². The van der Waals surface area contributed by atoms with E-state index in [0.29, 0.717) is 12.8 Å². The predicted molar refractivity (Wildman–Crippen MR) is 126 cm³/mol. The topological polar surface area (TPSA) is 93.0 Å². The van der Waals surface area contributed by atoms with Crippen molar-refractivity contribution < 1.29 is 18.4 Å². The van der Waals surface area contributed by atoms with Crippen molar-refractivity contribution in [2.75, 3.05) is 4.90 Å². The number of carbonyl (C=O) groups excluding carboxylic acids is 2. The molecule has 1 heterocycles. The van der Waals surface area contributed by atoms with E-state index in [1.165, 1.54) is 35.2 Å². The zero-order valence-corrected chi connectivity index (χ0v) is 19.5. The van der Waals surface area contributed by atoms with Crippen molar-refractivity contribution in [3.63, 3.8) is 0 Å². The molecule has 1 fully saturated rings. The number of hydrogen-bond donors (Lipinski definition) is 1. The van der Waals surface area contributed by atoms with Crippen molar-refractivity contribution in [3.8, 4) is 11.4 Å². The smallest absolute Gasteiger partial charge is 0.251 e. The van der Waals surface area contributed by atoms with Crippen LogP contribution in [0.4, 0.5) is 14.5 Å². The second-order valence-corrected chi connectivity index (χ2v) is 8.66. The Morgan fingerprint density at radius 1 is 1.14 bits per heavy atom. The van der Waals surface area contributed by atoms with E-state index in [4.69, 9.17) is 0 Å². The minimum atomic E-state index is -0.829. The summed E-state index contributed by atoms with van der Waals surface area (Å²) in [4.78, 5) is 29.2. The Bertz CT molecular complexity index is 1180. The van der Waals surface area contributed by atoms with E-state index in [9.17, 15) is 18.4 Å². The number of nitrogens with one attached hydrogen (secondary N) is 1. The maximum Gasteiger partial charge on any atom is 0.251 e. The van der Waals surface area contributed by atoms with Gasteiger partial charge in [-0.15, -0.1) is 10.2 Å². The van der Waals surface area contributed by atoms with Crippen LogP contribution >= 0.6 is 0 Å². The molecule has 1 N–H and O–H groups in total. The Hall–Kier alpha value is -3.69. The van der Waals surface area contributed by atoms with Gasteiger partial charge in [-0.05, 0) is 54.8 Å². The number of amides is 2. The van der Waals surface area contributed by atoms with Gasteiger partial charge in [0.15, 0.2) is 0 Å². The number of aromatic nitrogens is 4. The fraction of sp³-hybridized carbons (Fsp3) is 0.400. The summed E-state index contributed by atoms with van der Waals surface area (Å²) >= 11 is 0. The summed E-state index contributed by atoms with van der Waals surface area (Å²) in [6.07, 6.45) is 4.95. The molecule has 2 amide bonds. The van der Waals surface area contributed by atoms with Crippen molar-refractivity contribution in [1.29, 1.82) is 0 Å². The molecule has 0 aliphatic heterocycles. The lowest BCUT2D eigenvalue weighted by Crippen LogP contribution is -2.52. The molecule has 0 radical (unpaired) electrons. The van der Waals surface area contributed by atoms with Crippen LogP contribution in [-0.2, 0) is 16.1 Å². The van der Waals surface area contributed by atoms with Crippen LogP contribution in [0.2, 0.25) is 0 Å². The maximum absolute atomic E-state index is 14.1. The molecular formula is C25H28F2N6O2. The van der Waals surface area contributed by atoms with Gasteiger partial charge in [0.05, 0.1) is 5.56 Å². The molecular weight excluding hydrogens is 454 g/mol. The van der Waals surface area contributed by atoms with Crippen LogP contribution in [0.15, 0.2) is 48.5 Å². The first-order chi connectivity index (χ1) is 17.0. The summed E-state index contributed by atoms with van der Waals surface area (Å²) in [5, 5.41) is 15.0. The summed E-state index contributed by atoms with van der Waals surface area (Å²) in [7, 11) is 0. The van der Waals surface area contributed by atoms with Gasteiger partial charge in [0.2, 0.25) is 11.7 Å². The van der Waals surface area contributed by atoms with Gasteiger partial charge in [-0.25, -0.2) is 8.78 Å². The SMILES string of the molecule is CCC[C@@H](C(=O)NC1CCCC1)N(C(=O)Cn1nnc(-c2ccccc2F)n1)c1cccc(F)c1. The van der Waals surface area contributed by atoms with Gasteiger partial charge in [-0.2, -0.15) is 4.80 Å². The van der Waals surface area contributed by atoms with Crippen molar-refractivity contribution >= 4 is 17.5 Å². The average Bonchev–Trinajstić information content (AvgIpc) is 3.51. The Morgan fingerprint density at radius 2 is 1.91 bits per heavy atom. The number of tetrazole rings is 1. The van der Waals surface area contributed by atoms with E-state index < -0.39 is 23.6 Å². The second kappa shape index (κ2) is 11.2. The number of anilines is 1. The molecule has 0 bridgehead atoms. The molecule has 0 spiro atoms. The summed E-state index contributed by atoms with van der Waals surface area (Å²) in [5.41, 5.74) is 0.428. The van der Waals surface area contributed by atoms with Crippen LogP contribution in [0, 0.1) is 11.6 Å². The minimum absolute atomic E-state index is 0.0392. The standard InChI is InChI=1S/C25H28F2N6O2/c1-2-8-22(25(35)28-18-10-3-4-11-18)33(19-12-7-9-17(26)15-19)23(34)16-32-30-24(29-31-32)20-13-5-6-14-21(20)27/h5-7,9,12-15,18,22H,2-4,8,10-11,16H2,1H3,(H,28,35)/t22-/m0/s1. The van der Waals surface area contributed by atoms with E-state index in [1.54, 1.807) is 18.2 Å². The van der Waals surface area contributed by atoms with Crippen LogP contribution in [0.1, 0.15) is 45.4 Å². The molecule has 2 aromatic carbocycles. The Balaban J connectivity index is 1.61. The van der Waals surface area contributed by atoms with E-state index in [0.717, 1.165) is 30.5 Å². The monoisotopic (exact) mass is 482 g/mol. The zero-order chi connectivity index (χ0) is 24.8. The molecule has 0 unspecified atom stereocenters. The average molecular weight is 483 g/mol. The second-order valence-electron chi connectivity index (χ2n) is 8.66. The summed E-state index contributed by atoms with van der Waals surface area (Å²) in [5.74, 6) is -1.76. The van der Waals surface area contributed by atoms with Gasteiger partial charge in [0.1, 0.15) is 24.2 Å². The highest BCUT2D eigenvalue weighted by molar-refractivity contribution is 6.00. The van der Waals surface area contributed by atoms with Crippen LogP contribution in [0.25, 0.3) is 11.4 Å². The maximum atomic E-state index is 14.1. The molecule has 1 aromatic heterocycles. The number of carbonyl (C=O) groups is 2. The molecule has 4 rings (SSSR count). The quantitative estimate of drug-likeness (QED) is 0.500. The molecule has 1 saturated carbocycles. The third kappa shape index (κ3) is 5.87. The Morgan fingerprint density at radius 3 is 2.63 bits per heavy atom. The molecule has 35 heavy (non-hydrogen) atoms. The van der Waals surface area contributed by atoms with Crippen LogP contribution in [0.3, 0.4) is 0 Å². The van der Waals surface area contributed by atoms with Gasteiger partial charge in [-0.3, -0.25) is 14.5 Å². The van der Waals surface area contributed by atoms with Crippen molar-refractivity contribution in [2.45, 2.75) is 64.1 Å². The third-order valence-corrected chi connectivity index (χ3v) is 6.08.